The minimum Gasteiger partial charge on any atom is -0.244 e. The molecule has 0 saturated carbocycles. The third kappa shape index (κ3) is 2.66. The van der Waals surface area contributed by atoms with Gasteiger partial charge in [0.2, 0.25) is 10.0 Å². The van der Waals surface area contributed by atoms with Crippen molar-refractivity contribution in [2.45, 2.75) is 5.25 Å². The summed E-state index contributed by atoms with van der Waals surface area (Å²) in [4.78, 5) is 7.63. The molecule has 2 N–H and O–H groups in total. The first-order chi connectivity index (χ1) is 8.09. The molecular formula is C11H11N3O2S. The molecule has 2 aromatic rings. The highest BCUT2D eigenvalue weighted by Crippen LogP contribution is 2.26. The van der Waals surface area contributed by atoms with Crippen LogP contribution in [0.1, 0.15) is 16.4 Å². The number of primary sulfonamides is 1. The fourth-order valence-corrected chi connectivity index (χ4v) is 2.68. The maximum Gasteiger partial charge on any atom is 0.220 e. The Labute approximate surface area is 99.4 Å². The molecule has 0 bridgehead atoms. The molecular weight excluding hydrogens is 238 g/mol. The Kier molecular flexibility index (Phi) is 3.16. The lowest BCUT2D eigenvalue weighted by Crippen LogP contribution is -2.22. The van der Waals surface area contributed by atoms with Crippen LogP contribution < -0.4 is 5.14 Å². The Morgan fingerprint density at radius 3 is 2.12 bits per heavy atom. The molecule has 0 radical (unpaired) electrons. The van der Waals surface area contributed by atoms with E-state index in [1.54, 1.807) is 24.3 Å². The minimum absolute atomic E-state index is 0.459. The number of nitrogens with zero attached hydrogens (tertiary/aromatic N) is 2. The maximum atomic E-state index is 11.7. The van der Waals surface area contributed by atoms with Gasteiger partial charge in [-0.3, -0.25) is 0 Å². The first kappa shape index (κ1) is 11.7. The number of nitrogens with two attached hydrogens (primary N) is 1. The zero-order valence-corrected chi connectivity index (χ0v) is 9.71. The summed E-state index contributed by atoms with van der Waals surface area (Å²) in [5.74, 6) is 0. The topological polar surface area (TPSA) is 85.9 Å². The molecule has 5 nitrogen and oxygen atoms in total. The van der Waals surface area contributed by atoms with Gasteiger partial charge in [-0.1, -0.05) is 30.3 Å². The summed E-state index contributed by atoms with van der Waals surface area (Å²) in [6, 6.07) is 8.75. The molecule has 1 atom stereocenters. The summed E-state index contributed by atoms with van der Waals surface area (Å²) in [6.45, 7) is 0. The molecule has 1 heterocycles. The largest absolute Gasteiger partial charge is 0.244 e. The number of rotatable bonds is 3. The summed E-state index contributed by atoms with van der Waals surface area (Å²) >= 11 is 0. The Hall–Kier alpha value is -1.79. The van der Waals surface area contributed by atoms with Gasteiger partial charge in [-0.15, -0.1) is 0 Å². The predicted octanol–water partition coefficient (Wildman–Crippen LogP) is 0.855. The highest BCUT2D eigenvalue weighted by atomic mass is 32.2. The molecule has 2 rings (SSSR count). The van der Waals surface area contributed by atoms with E-state index in [0.717, 1.165) is 0 Å². The van der Waals surface area contributed by atoms with Gasteiger partial charge in [-0.25, -0.2) is 23.5 Å². The normalized spacial score (nSPS) is 13.2. The van der Waals surface area contributed by atoms with E-state index in [1.165, 1.54) is 18.7 Å². The van der Waals surface area contributed by atoms with Gasteiger partial charge in [-0.05, 0) is 5.56 Å². The third-order valence-electron chi connectivity index (χ3n) is 2.31. The van der Waals surface area contributed by atoms with E-state index in [2.05, 4.69) is 9.97 Å². The van der Waals surface area contributed by atoms with E-state index in [-0.39, 0.29) is 0 Å². The zero-order valence-electron chi connectivity index (χ0n) is 8.89. The molecule has 0 aliphatic heterocycles. The minimum atomic E-state index is -3.75. The van der Waals surface area contributed by atoms with Crippen LogP contribution in [-0.2, 0) is 10.0 Å². The summed E-state index contributed by atoms with van der Waals surface area (Å²) < 4.78 is 23.3. The van der Waals surface area contributed by atoms with Crippen molar-refractivity contribution in [3.05, 3.63) is 60.2 Å². The predicted molar refractivity (Wildman–Crippen MR) is 63.4 cm³/mol. The van der Waals surface area contributed by atoms with Crippen LogP contribution >= 0.6 is 0 Å². The molecule has 88 valence electrons. The van der Waals surface area contributed by atoms with Gasteiger partial charge in [0, 0.05) is 18.0 Å². The van der Waals surface area contributed by atoms with Gasteiger partial charge in [0.05, 0.1) is 0 Å². The Bertz CT molecular complexity index is 545. The smallest absolute Gasteiger partial charge is 0.220 e. The summed E-state index contributed by atoms with van der Waals surface area (Å²) in [7, 11) is -3.75. The van der Waals surface area contributed by atoms with Crippen molar-refractivity contribution in [2.75, 3.05) is 0 Å². The Balaban J connectivity index is 2.56. The van der Waals surface area contributed by atoms with Crippen molar-refractivity contribution in [3.8, 4) is 0 Å². The summed E-state index contributed by atoms with van der Waals surface area (Å²) in [6.07, 6.45) is 4.25. The van der Waals surface area contributed by atoms with E-state index >= 15 is 0 Å². The van der Waals surface area contributed by atoms with Crippen LogP contribution in [0.4, 0.5) is 0 Å². The average Bonchev–Trinajstić information content (AvgIpc) is 2.30. The van der Waals surface area contributed by atoms with Crippen LogP contribution in [0.25, 0.3) is 0 Å². The van der Waals surface area contributed by atoms with Crippen LogP contribution in [0.15, 0.2) is 49.1 Å². The van der Waals surface area contributed by atoms with E-state index in [1.807, 2.05) is 6.07 Å². The number of hydrogen-bond donors (Lipinski definition) is 1. The molecule has 1 aromatic carbocycles. The number of sulfonamides is 1. The van der Waals surface area contributed by atoms with E-state index in [4.69, 9.17) is 5.14 Å². The van der Waals surface area contributed by atoms with Crippen LogP contribution in [0, 0.1) is 0 Å². The lowest BCUT2D eigenvalue weighted by molar-refractivity contribution is 0.590. The molecule has 0 aliphatic rings. The first-order valence-electron chi connectivity index (χ1n) is 4.90. The number of aromatic nitrogens is 2. The van der Waals surface area contributed by atoms with Gasteiger partial charge in [0.1, 0.15) is 11.6 Å². The summed E-state index contributed by atoms with van der Waals surface area (Å²) in [5.41, 5.74) is 1.06. The lowest BCUT2D eigenvalue weighted by Gasteiger charge is -2.14. The first-order valence-corrected chi connectivity index (χ1v) is 6.51. The van der Waals surface area contributed by atoms with Crippen molar-refractivity contribution in [1.29, 1.82) is 0 Å². The summed E-state index contributed by atoms with van der Waals surface area (Å²) in [5, 5.41) is 4.33. The van der Waals surface area contributed by atoms with E-state index < -0.39 is 15.3 Å². The Morgan fingerprint density at radius 1 is 1.00 bits per heavy atom. The maximum absolute atomic E-state index is 11.7. The van der Waals surface area contributed by atoms with Gasteiger partial charge in [-0.2, -0.15) is 0 Å². The van der Waals surface area contributed by atoms with Crippen molar-refractivity contribution in [3.63, 3.8) is 0 Å². The zero-order chi connectivity index (χ0) is 12.3. The van der Waals surface area contributed by atoms with Gasteiger partial charge < -0.3 is 0 Å². The highest BCUT2D eigenvalue weighted by molar-refractivity contribution is 7.89. The van der Waals surface area contributed by atoms with E-state index in [0.29, 0.717) is 11.1 Å². The second kappa shape index (κ2) is 4.60. The molecule has 0 fully saturated rings. The number of hydrogen-bond acceptors (Lipinski definition) is 4. The second-order valence-corrected chi connectivity index (χ2v) is 5.20. The van der Waals surface area contributed by atoms with Gasteiger partial charge in [0.15, 0.2) is 0 Å². The van der Waals surface area contributed by atoms with Crippen LogP contribution in [0.3, 0.4) is 0 Å². The molecule has 0 saturated heterocycles. The fraction of sp³-hybridized carbons (Fsp3) is 0.0909. The van der Waals surface area contributed by atoms with Crippen LogP contribution in [-0.4, -0.2) is 18.4 Å². The number of benzene rings is 1. The monoisotopic (exact) mass is 249 g/mol. The van der Waals surface area contributed by atoms with Crippen LogP contribution in [0.5, 0.6) is 0 Å². The molecule has 0 spiro atoms. The standard InChI is InChI=1S/C11H11N3O2S/c12-17(15,16)11(9-4-2-1-3-5-9)10-6-13-8-14-7-10/h1-8,11H,(H2,12,15,16). The average molecular weight is 249 g/mol. The molecule has 1 unspecified atom stereocenters. The fourth-order valence-electron chi connectivity index (χ4n) is 1.65. The van der Waals surface area contributed by atoms with Gasteiger partial charge >= 0.3 is 0 Å². The second-order valence-electron chi connectivity index (χ2n) is 3.55. The molecule has 0 aliphatic carbocycles. The molecule has 1 aromatic heterocycles. The van der Waals surface area contributed by atoms with Crippen LogP contribution in [0.2, 0.25) is 0 Å². The lowest BCUT2D eigenvalue weighted by atomic mass is 10.1. The molecule has 17 heavy (non-hydrogen) atoms. The van der Waals surface area contributed by atoms with Crippen molar-refractivity contribution in [2.24, 2.45) is 5.14 Å². The Morgan fingerprint density at radius 2 is 1.59 bits per heavy atom. The van der Waals surface area contributed by atoms with E-state index in [9.17, 15) is 8.42 Å². The van der Waals surface area contributed by atoms with Crippen molar-refractivity contribution < 1.29 is 8.42 Å². The van der Waals surface area contributed by atoms with Crippen molar-refractivity contribution >= 4 is 10.0 Å². The molecule has 0 amide bonds. The quantitative estimate of drug-likeness (QED) is 0.873. The third-order valence-corrected chi connectivity index (χ3v) is 3.52. The molecule has 6 heteroatoms. The highest BCUT2D eigenvalue weighted by Gasteiger charge is 2.25. The van der Waals surface area contributed by atoms with Crippen molar-refractivity contribution in [1.82, 2.24) is 9.97 Å². The SMILES string of the molecule is NS(=O)(=O)C(c1ccccc1)c1cncnc1. The van der Waals surface area contributed by atoms with Gasteiger partial charge in [0.25, 0.3) is 0 Å².